The van der Waals surface area contributed by atoms with E-state index in [0.29, 0.717) is 11.7 Å². The summed E-state index contributed by atoms with van der Waals surface area (Å²) in [5, 5.41) is 5.94. The van der Waals surface area contributed by atoms with Gasteiger partial charge >= 0.3 is 0 Å². The van der Waals surface area contributed by atoms with Gasteiger partial charge in [0.05, 0.1) is 5.39 Å². The van der Waals surface area contributed by atoms with Gasteiger partial charge in [-0.25, -0.2) is 9.97 Å². The first kappa shape index (κ1) is 13.7. The Morgan fingerprint density at radius 3 is 2.68 bits per heavy atom. The van der Waals surface area contributed by atoms with Gasteiger partial charge in [0.2, 0.25) is 5.28 Å². The molecule has 3 aromatic heterocycles. The Hall–Kier alpha value is -1.98. The zero-order valence-corrected chi connectivity index (χ0v) is 13.7. The molecule has 3 heterocycles. The number of hydrogen-bond acceptors (Lipinski definition) is 4. The maximum Gasteiger partial charge on any atom is 0.227 e. The quantitative estimate of drug-likeness (QED) is 0.518. The van der Waals surface area contributed by atoms with Crippen LogP contribution in [0.5, 0.6) is 0 Å². The number of fused-ring (bicyclic) bond motifs is 3. The van der Waals surface area contributed by atoms with E-state index in [1.54, 1.807) is 15.9 Å². The van der Waals surface area contributed by atoms with Crippen LogP contribution in [0.2, 0.25) is 5.28 Å². The minimum atomic E-state index is 0.357. The van der Waals surface area contributed by atoms with Gasteiger partial charge in [-0.05, 0) is 36.6 Å². The van der Waals surface area contributed by atoms with Crippen molar-refractivity contribution in [3.8, 4) is 0 Å². The Kier molecular flexibility index (Phi) is 3.13. The van der Waals surface area contributed by atoms with Crippen molar-refractivity contribution < 1.29 is 0 Å². The predicted molar refractivity (Wildman–Crippen MR) is 89.9 cm³/mol. The first-order valence-corrected chi connectivity index (χ1v) is 8.17. The molecule has 1 aromatic carbocycles. The highest BCUT2D eigenvalue weighted by atomic mass is 35.5. The van der Waals surface area contributed by atoms with Gasteiger partial charge in [-0.2, -0.15) is 4.52 Å². The van der Waals surface area contributed by atoms with Crippen molar-refractivity contribution in [2.45, 2.75) is 20.3 Å². The third-order valence-corrected chi connectivity index (χ3v) is 5.16. The Morgan fingerprint density at radius 2 is 1.91 bits per heavy atom. The second-order valence-electron chi connectivity index (χ2n) is 5.27. The van der Waals surface area contributed by atoms with Gasteiger partial charge in [-0.1, -0.05) is 30.3 Å². The molecule has 6 heteroatoms. The molecule has 4 nitrogen and oxygen atoms in total. The van der Waals surface area contributed by atoms with E-state index in [0.717, 1.165) is 21.7 Å². The molecule has 0 aliphatic rings. The summed E-state index contributed by atoms with van der Waals surface area (Å²) < 4.78 is 1.64. The van der Waals surface area contributed by atoms with Gasteiger partial charge in [-0.3, -0.25) is 0 Å². The summed E-state index contributed by atoms with van der Waals surface area (Å²) >= 11 is 7.91. The van der Waals surface area contributed by atoms with Gasteiger partial charge in [0.15, 0.2) is 11.5 Å². The van der Waals surface area contributed by atoms with Crippen molar-refractivity contribution in [1.29, 1.82) is 0 Å². The van der Waals surface area contributed by atoms with Gasteiger partial charge in [-0.15, -0.1) is 16.4 Å². The first-order chi connectivity index (χ1) is 10.6. The van der Waals surface area contributed by atoms with Crippen molar-refractivity contribution in [2.24, 2.45) is 0 Å². The van der Waals surface area contributed by atoms with Crippen LogP contribution in [-0.4, -0.2) is 19.6 Å². The molecule has 0 aliphatic heterocycles. The molecule has 0 amide bonds. The first-order valence-electron chi connectivity index (χ1n) is 6.98. The summed E-state index contributed by atoms with van der Waals surface area (Å²) in [5.74, 6) is 0.755. The van der Waals surface area contributed by atoms with Crippen LogP contribution in [0.3, 0.4) is 0 Å². The second-order valence-corrected chi connectivity index (χ2v) is 6.81. The Morgan fingerprint density at radius 1 is 1.14 bits per heavy atom. The maximum atomic E-state index is 6.27. The summed E-state index contributed by atoms with van der Waals surface area (Å²) in [6.45, 7) is 4.18. The number of nitrogens with zero attached hydrogens (tertiary/aromatic N) is 4. The lowest BCUT2D eigenvalue weighted by Gasteiger charge is -1.97. The molecule has 0 saturated carbocycles. The molecule has 110 valence electrons. The van der Waals surface area contributed by atoms with Gasteiger partial charge < -0.3 is 0 Å². The Labute approximate surface area is 136 Å². The molecule has 4 rings (SSSR count). The van der Waals surface area contributed by atoms with E-state index < -0.39 is 0 Å². The summed E-state index contributed by atoms with van der Waals surface area (Å²) in [4.78, 5) is 11.3. The van der Waals surface area contributed by atoms with E-state index in [1.165, 1.54) is 16.0 Å². The molecule has 0 bridgehead atoms. The number of halogens is 1. The van der Waals surface area contributed by atoms with Crippen molar-refractivity contribution in [3.63, 3.8) is 0 Å². The maximum absolute atomic E-state index is 6.27. The van der Waals surface area contributed by atoms with E-state index in [1.807, 2.05) is 18.2 Å². The largest absolute Gasteiger partial charge is 0.227 e. The van der Waals surface area contributed by atoms with Crippen LogP contribution in [0.1, 0.15) is 21.8 Å². The fourth-order valence-electron chi connectivity index (χ4n) is 2.58. The van der Waals surface area contributed by atoms with Crippen LogP contribution in [0, 0.1) is 13.8 Å². The number of benzene rings is 1. The fraction of sp³-hybridized carbons (Fsp3) is 0.188. The predicted octanol–water partition coefficient (Wildman–Crippen LogP) is 4.20. The van der Waals surface area contributed by atoms with Crippen LogP contribution in [-0.2, 0) is 6.42 Å². The topological polar surface area (TPSA) is 43.1 Å². The highest BCUT2D eigenvalue weighted by Gasteiger charge is 2.17. The molecular weight excluding hydrogens is 316 g/mol. The average Bonchev–Trinajstić information content (AvgIpc) is 3.03. The standard InChI is InChI=1S/C16H13ClN4S/c1-9-10(2)22-15-13(9)14-18-12(20-21(14)16(17)19-15)8-11-6-4-3-5-7-11/h3-7H,8H2,1-2H3. The molecule has 0 fully saturated rings. The molecule has 0 unspecified atom stereocenters. The molecule has 0 saturated heterocycles. The number of aryl methyl sites for hydroxylation is 2. The van der Waals surface area contributed by atoms with Crippen LogP contribution >= 0.6 is 22.9 Å². The molecule has 0 spiro atoms. The monoisotopic (exact) mass is 328 g/mol. The lowest BCUT2D eigenvalue weighted by atomic mass is 10.1. The van der Waals surface area contributed by atoms with Crippen LogP contribution < -0.4 is 0 Å². The fourth-order valence-corrected chi connectivity index (χ4v) is 3.86. The minimum absolute atomic E-state index is 0.357. The van der Waals surface area contributed by atoms with Crippen molar-refractivity contribution in [3.05, 3.63) is 57.4 Å². The third kappa shape index (κ3) is 2.09. The SMILES string of the molecule is Cc1sc2nc(Cl)n3nc(Cc4ccccc4)nc3c2c1C. The van der Waals surface area contributed by atoms with Gasteiger partial charge in [0.25, 0.3) is 0 Å². The number of hydrogen-bond donors (Lipinski definition) is 0. The van der Waals surface area contributed by atoms with E-state index in [2.05, 4.69) is 36.1 Å². The summed E-state index contributed by atoms with van der Waals surface area (Å²) in [6.07, 6.45) is 0.683. The molecule has 0 aliphatic carbocycles. The Balaban J connectivity index is 1.93. The normalized spacial score (nSPS) is 11.6. The van der Waals surface area contributed by atoms with Crippen molar-refractivity contribution in [2.75, 3.05) is 0 Å². The van der Waals surface area contributed by atoms with Crippen molar-refractivity contribution in [1.82, 2.24) is 19.6 Å². The third-order valence-electron chi connectivity index (χ3n) is 3.81. The lowest BCUT2D eigenvalue weighted by molar-refractivity contribution is 0.885. The Bertz CT molecular complexity index is 988. The van der Waals surface area contributed by atoms with E-state index in [9.17, 15) is 0 Å². The molecular formula is C16H13ClN4S. The van der Waals surface area contributed by atoms with E-state index in [-0.39, 0.29) is 0 Å². The molecule has 0 atom stereocenters. The van der Waals surface area contributed by atoms with E-state index in [4.69, 9.17) is 16.6 Å². The minimum Gasteiger partial charge on any atom is -0.211 e. The average molecular weight is 329 g/mol. The van der Waals surface area contributed by atoms with Gasteiger partial charge in [0.1, 0.15) is 4.83 Å². The zero-order valence-electron chi connectivity index (χ0n) is 12.2. The molecule has 0 radical (unpaired) electrons. The number of rotatable bonds is 2. The highest BCUT2D eigenvalue weighted by molar-refractivity contribution is 7.18. The van der Waals surface area contributed by atoms with Crippen molar-refractivity contribution >= 4 is 38.8 Å². The molecule has 22 heavy (non-hydrogen) atoms. The molecule has 4 aromatic rings. The zero-order chi connectivity index (χ0) is 15.3. The van der Waals surface area contributed by atoms with Gasteiger partial charge in [0, 0.05) is 11.3 Å². The van der Waals surface area contributed by atoms with Crippen LogP contribution in [0.15, 0.2) is 30.3 Å². The summed E-state index contributed by atoms with van der Waals surface area (Å²) in [5.41, 5.74) is 3.17. The lowest BCUT2D eigenvalue weighted by Crippen LogP contribution is -1.95. The smallest absolute Gasteiger partial charge is 0.211 e. The number of thiophene rings is 1. The van der Waals surface area contributed by atoms with Crippen LogP contribution in [0.25, 0.3) is 15.9 Å². The van der Waals surface area contributed by atoms with E-state index >= 15 is 0 Å². The number of aromatic nitrogens is 4. The van der Waals surface area contributed by atoms with Crippen LogP contribution in [0.4, 0.5) is 0 Å². The second kappa shape index (κ2) is 5.04. The summed E-state index contributed by atoms with van der Waals surface area (Å²) in [7, 11) is 0. The molecule has 0 N–H and O–H groups in total. The summed E-state index contributed by atoms with van der Waals surface area (Å²) in [6, 6.07) is 10.2. The highest BCUT2D eigenvalue weighted by Crippen LogP contribution is 2.32.